The van der Waals surface area contributed by atoms with E-state index in [2.05, 4.69) is 16.9 Å². The summed E-state index contributed by atoms with van der Waals surface area (Å²) in [6.45, 7) is 13.5. The maximum absolute atomic E-state index is 12.0. The van der Waals surface area contributed by atoms with Crippen LogP contribution in [0.3, 0.4) is 0 Å². The first-order chi connectivity index (χ1) is 10.4. The lowest BCUT2D eigenvalue weighted by Crippen LogP contribution is -2.42. The lowest BCUT2D eigenvalue weighted by Gasteiger charge is -2.35. The highest BCUT2D eigenvalue weighted by Gasteiger charge is 2.29. The van der Waals surface area contributed by atoms with Crippen molar-refractivity contribution in [2.24, 2.45) is 5.92 Å². The summed E-state index contributed by atoms with van der Waals surface area (Å²) in [5.41, 5.74) is 0.762. The Hall–Kier alpha value is -1.52. The van der Waals surface area contributed by atoms with Gasteiger partial charge in [-0.2, -0.15) is 0 Å². The van der Waals surface area contributed by atoms with Gasteiger partial charge in [-0.25, -0.2) is 9.78 Å². The van der Waals surface area contributed by atoms with Crippen molar-refractivity contribution in [3.63, 3.8) is 0 Å². The van der Waals surface area contributed by atoms with E-state index >= 15 is 0 Å². The van der Waals surface area contributed by atoms with Crippen LogP contribution in [0.2, 0.25) is 0 Å². The zero-order valence-corrected chi connectivity index (χ0v) is 14.8. The summed E-state index contributed by atoms with van der Waals surface area (Å²) in [5.74, 6) is 1.05. The molecule has 1 saturated heterocycles. The first-order valence-corrected chi connectivity index (χ1v) is 8.33. The van der Waals surface area contributed by atoms with Crippen LogP contribution < -0.4 is 0 Å². The minimum atomic E-state index is -0.420. The van der Waals surface area contributed by atoms with Crippen LogP contribution in [0.5, 0.6) is 0 Å². The van der Waals surface area contributed by atoms with Gasteiger partial charge < -0.3 is 14.6 Å². The summed E-state index contributed by atoms with van der Waals surface area (Å²) < 4.78 is 5.42. The molecule has 1 aliphatic rings. The average molecular weight is 309 g/mol. The Morgan fingerprint density at radius 1 is 1.36 bits per heavy atom. The smallest absolute Gasteiger partial charge is 0.410 e. The van der Waals surface area contributed by atoms with Crippen molar-refractivity contribution < 1.29 is 9.53 Å². The number of aromatic nitrogens is 2. The van der Waals surface area contributed by atoms with Gasteiger partial charge in [-0.15, -0.1) is 0 Å². The maximum Gasteiger partial charge on any atom is 0.410 e. The number of amides is 1. The molecule has 5 heteroatoms. The molecule has 126 valence electrons. The highest BCUT2D eigenvalue weighted by molar-refractivity contribution is 5.68. The van der Waals surface area contributed by atoms with E-state index in [1.165, 1.54) is 5.69 Å². The number of piperidine rings is 1. The summed E-state index contributed by atoms with van der Waals surface area (Å²) >= 11 is 0. The number of aromatic amines is 1. The van der Waals surface area contributed by atoms with Crippen molar-refractivity contribution >= 4 is 6.09 Å². The molecule has 2 rings (SSSR count). The van der Waals surface area contributed by atoms with Gasteiger partial charge in [-0.3, -0.25) is 0 Å². The standard InChI is InChI=1S/C15H25N3O2.C2H6/c1-11(13-9-16-10-17-13)12-5-7-18(8-6-12)14(19)20-15(2,3)4;1-2/h9-12H,5-8H2,1-4H3,(H,16,17);1-2H3. The number of likely N-dealkylation sites (tertiary alicyclic amines) is 1. The number of nitrogens with one attached hydrogen (secondary N) is 1. The monoisotopic (exact) mass is 309 g/mol. The molecule has 1 fully saturated rings. The average Bonchev–Trinajstić information content (AvgIpc) is 3.01. The van der Waals surface area contributed by atoms with E-state index in [1.807, 2.05) is 45.7 Å². The Balaban J connectivity index is 0.00000116. The summed E-state index contributed by atoms with van der Waals surface area (Å²) in [6.07, 6.45) is 5.45. The molecular formula is C17H31N3O2. The van der Waals surface area contributed by atoms with Gasteiger partial charge in [-0.1, -0.05) is 20.8 Å². The lowest BCUT2D eigenvalue weighted by atomic mass is 9.84. The number of nitrogens with zero attached hydrogens (tertiary/aromatic N) is 2. The first-order valence-electron chi connectivity index (χ1n) is 8.33. The van der Waals surface area contributed by atoms with E-state index in [0.717, 1.165) is 25.9 Å². The second-order valence-electron chi connectivity index (χ2n) is 6.60. The molecule has 1 atom stereocenters. The topological polar surface area (TPSA) is 58.2 Å². The van der Waals surface area contributed by atoms with Crippen molar-refractivity contribution in [1.82, 2.24) is 14.9 Å². The molecule has 0 aliphatic carbocycles. The molecule has 0 aromatic carbocycles. The Morgan fingerprint density at radius 2 is 1.95 bits per heavy atom. The van der Waals surface area contributed by atoms with Crippen LogP contribution in [-0.4, -0.2) is 39.7 Å². The third-order valence-electron chi connectivity index (χ3n) is 3.91. The molecule has 2 heterocycles. The fraction of sp³-hybridized carbons (Fsp3) is 0.765. The Labute approximate surface area is 134 Å². The zero-order valence-electron chi connectivity index (χ0n) is 14.8. The van der Waals surface area contributed by atoms with Crippen LogP contribution in [0, 0.1) is 5.92 Å². The van der Waals surface area contributed by atoms with Gasteiger partial charge in [0, 0.05) is 30.9 Å². The Kier molecular flexibility index (Phi) is 6.91. The van der Waals surface area contributed by atoms with Crippen molar-refractivity contribution in [3.8, 4) is 0 Å². The van der Waals surface area contributed by atoms with Crippen LogP contribution in [-0.2, 0) is 4.74 Å². The first kappa shape index (κ1) is 18.5. The molecule has 0 radical (unpaired) electrons. The molecule has 0 spiro atoms. The minimum absolute atomic E-state index is 0.190. The predicted octanol–water partition coefficient (Wildman–Crippen LogP) is 4.19. The zero-order chi connectivity index (χ0) is 16.8. The minimum Gasteiger partial charge on any atom is -0.444 e. The number of ether oxygens (including phenoxy) is 1. The fourth-order valence-electron chi connectivity index (χ4n) is 2.68. The Morgan fingerprint density at radius 3 is 2.41 bits per heavy atom. The molecule has 1 aromatic rings. The van der Waals surface area contributed by atoms with Crippen LogP contribution in [0.1, 0.15) is 66.0 Å². The number of imidazole rings is 1. The molecule has 1 N–H and O–H groups in total. The van der Waals surface area contributed by atoms with E-state index in [-0.39, 0.29) is 6.09 Å². The number of hydrogen-bond acceptors (Lipinski definition) is 3. The Bertz CT molecular complexity index is 429. The van der Waals surface area contributed by atoms with Gasteiger partial charge in [-0.05, 0) is 39.5 Å². The maximum atomic E-state index is 12.0. The van der Waals surface area contributed by atoms with Gasteiger partial charge in [0.2, 0.25) is 0 Å². The number of hydrogen-bond donors (Lipinski definition) is 1. The van der Waals surface area contributed by atoms with Crippen molar-refractivity contribution in [1.29, 1.82) is 0 Å². The fourth-order valence-corrected chi connectivity index (χ4v) is 2.68. The van der Waals surface area contributed by atoms with E-state index < -0.39 is 5.60 Å². The van der Waals surface area contributed by atoms with Gasteiger partial charge >= 0.3 is 6.09 Å². The summed E-state index contributed by atoms with van der Waals surface area (Å²) in [4.78, 5) is 21.1. The molecule has 22 heavy (non-hydrogen) atoms. The van der Waals surface area contributed by atoms with E-state index in [9.17, 15) is 4.79 Å². The van der Waals surface area contributed by atoms with E-state index in [0.29, 0.717) is 11.8 Å². The highest BCUT2D eigenvalue weighted by Crippen LogP contribution is 2.31. The summed E-state index contributed by atoms with van der Waals surface area (Å²) in [5, 5.41) is 0. The molecular weight excluding hydrogens is 278 g/mol. The van der Waals surface area contributed by atoms with Crippen LogP contribution in [0.4, 0.5) is 4.79 Å². The largest absolute Gasteiger partial charge is 0.444 e. The SMILES string of the molecule is CC.CC(c1cnc[nH]1)C1CCN(C(=O)OC(C)(C)C)CC1. The van der Waals surface area contributed by atoms with Gasteiger partial charge in [0.1, 0.15) is 5.60 Å². The van der Waals surface area contributed by atoms with Gasteiger partial charge in [0.05, 0.1) is 6.33 Å². The highest BCUT2D eigenvalue weighted by atomic mass is 16.6. The second-order valence-corrected chi connectivity index (χ2v) is 6.60. The normalized spacial score (nSPS) is 17.5. The number of rotatable bonds is 2. The number of carbonyl (C=O) groups is 1. The third kappa shape index (κ3) is 5.35. The van der Waals surface area contributed by atoms with Crippen LogP contribution >= 0.6 is 0 Å². The van der Waals surface area contributed by atoms with E-state index in [4.69, 9.17) is 4.74 Å². The molecule has 0 bridgehead atoms. The van der Waals surface area contributed by atoms with Crippen LogP contribution in [0.25, 0.3) is 0 Å². The molecule has 1 amide bonds. The molecule has 1 aliphatic heterocycles. The molecule has 1 aromatic heterocycles. The van der Waals surface area contributed by atoms with Gasteiger partial charge in [0.15, 0.2) is 0 Å². The molecule has 1 unspecified atom stereocenters. The number of H-pyrrole nitrogens is 1. The second kappa shape index (κ2) is 8.20. The van der Waals surface area contributed by atoms with Gasteiger partial charge in [0.25, 0.3) is 0 Å². The van der Waals surface area contributed by atoms with Crippen LogP contribution in [0.15, 0.2) is 12.5 Å². The molecule has 0 saturated carbocycles. The van der Waals surface area contributed by atoms with Crippen molar-refractivity contribution in [3.05, 3.63) is 18.2 Å². The summed E-state index contributed by atoms with van der Waals surface area (Å²) in [7, 11) is 0. The van der Waals surface area contributed by atoms with E-state index in [1.54, 1.807) is 6.33 Å². The predicted molar refractivity (Wildman–Crippen MR) is 88.9 cm³/mol. The number of carbonyl (C=O) groups excluding carboxylic acids is 1. The van der Waals surface area contributed by atoms with Crippen molar-refractivity contribution in [2.45, 2.75) is 65.9 Å². The quantitative estimate of drug-likeness (QED) is 0.891. The summed E-state index contributed by atoms with van der Waals surface area (Å²) in [6, 6.07) is 0. The third-order valence-corrected chi connectivity index (χ3v) is 3.91. The lowest BCUT2D eigenvalue weighted by molar-refractivity contribution is 0.0175. The van der Waals surface area contributed by atoms with Crippen molar-refractivity contribution in [2.75, 3.05) is 13.1 Å². The molecule has 5 nitrogen and oxygen atoms in total.